The smallest absolute Gasteiger partial charge is 0.239 e. The van der Waals surface area contributed by atoms with Crippen molar-refractivity contribution in [2.24, 2.45) is 10.2 Å². The molecular formula is C20H18BrN5OS2. The van der Waals surface area contributed by atoms with Crippen LogP contribution in [0.3, 0.4) is 0 Å². The number of amidine groups is 1. The van der Waals surface area contributed by atoms with Gasteiger partial charge in [0.2, 0.25) is 5.91 Å². The van der Waals surface area contributed by atoms with E-state index in [-0.39, 0.29) is 11.2 Å². The molecule has 0 saturated carbocycles. The first-order valence-electron chi connectivity index (χ1n) is 9.08. The third-order valence-electron chi connectivity index (χ3n) is 4.30. The topological polar surface area (TPSA) is 82.5 Å². The van der Waals surface area contributed by atoms with E-state index in [1.807, 2.05) is 55.5 Å². The minimum atomic E-state index is -0.268. The minimum absolute atomic E-state index is 0.0912. The fourth-order valence-electron chi connectivity index (χ4n) is 2.77. The number of amides is 1. The molecule has 4 rings (SSSR count). The van der Waals surface area contributed by atoms with E-state index in [9.17, 15) is 4.79 Å². The van der Waals surface area contributed by atoms with E-state index in [0.717, 1.165) is 31.9 Å². The zero-order valence-electron chi connectivity index (χ0n) is 15.6. The summed E-state index contributed by atoms with van der Waals surface area (Å²) in [5.74, 6) is 0.570. The van der Waals surface area contributed by atoms with Crippen molar-refractivity contribution in [1.82, 2.24) is 15.3 Å². The zero-order valence-corrected chi connectivity index (χ0v) is 18.8. The van der Waals surface area contributed by atoms with E-state index in [1.165, 1.54) is 23.5 Å². The van der Waals surface area contributed by atoms with Crippen LogP contribution in [-0.4, -0.2) is 37.8 Å². The van der Waals surface area contributed by atoms with Crippen molar-refractivity contribution in [1.29, 1.82) is 0 Å². The van der Waals surface area contributed by atoms with Crippen LogP contribution >= 0.6 is 39.5 Å². The van der Waals surface area contributed by atoms with E-state index >= 15 is 0 Å². The maximum atomic E-state index is 12.7. The Kier molecular flexibility index (Phi) is 6.37. The molecule has 0 spiro atoms. The second kappa shape index (κ2) is 9.15. The molecule has 1 amide bonds. The minimum Gasteiger partial charge on any atom is -0.333 e. The van der Waals surface area contributed by atoms with E-state index in [2.05, 4.69) is 41.4 Å². The molecule has 0 aliphatic carbocycles. The van der Waals surface area contributed by atoms with Gasteiger partial charge in [-0.2, -0.15) is 5.10 Å². The number of carbonyl (C=O) groups excluding carboxylic acids is 1. The molecular weight excluding hydrogens is 470 g/mol. The molecule has 2 N–H and O–H groups in total. The molecule has 0 fully saturated rings. The van der Waals surface area contributed by atoms with Gasteiger partial charge in [-0.1, -0.05) is 70.6 Å². The first kappa shape index (κ1) is 20.2. The molecule has 3 aromatic rings. The van der Waals surface area contributed by atoms with Crippen molar-refractivity contribution in [3.8, 4) is 0 Å². The molecule has 29 heavy (non-hydrogen) atoms. The highest BCUT2D eigenvalue weighted by molar-refractivity contribution is 9.10. The number of hydrogen-bond donors (Lipinski definition) is 2. The first-order valence-corrected chi connectivity index (χ1v) is 11.7. The van der Waals surface area contributed by atoms with Gasteiger partial charge in [0, 0.05) is 10.2 Å². The Balaban J connectivity index is 1.41. The highest BCUT2D eigenvalue weighted by Gasteiger charge is 2.22. The Morgan fingerprint density at radius 1 is 1.24 bits per heavy atom. The summed E-state index contributed by atoms with van der Waals surface area (Å²) in [5.41, 5.74) is 3.78. The van der Waals surface area contributed by atoms with E-state index < -0.39 is 0 Å². The van der Waals surface area contributed by atoms with Crippen LogP contribution in [0.2, 0.25) is 0 Å². The lowest BCUT2D eigenvalue weighted by Gasteiger charge is -2.16. The number of nitrogens with one attached hydrogen (secondary N) is 2. The molecule has 1 atom stereocenters. The third-order valence-corrected chi connectivity index (χ3v) is 6.95. The summed E-state index contributed by atoms with van der Waals surface area (Å²) in [6, 6.07) is 15.8. The van der Waals surface area contributed by atoms with Crippen molar-refractivity contribution in [3.05, 3.63) is 58.6 Å². The molecule has 2 heterocycles. The van der Waals surface area contributed by atoms with E-state index in [0.29, 0.717) is 17.3 Å². The van der Waals surface area contributed by atoms with Crippen molar-refractivity contribution < 1.29 is 4.79 Å². The highest BCUT2D eigenvalue weighted by Crippen LogP contribution is 2.26. The Morgan fingerprint density at radius 3 is 2.72 bits per heavy atom. The molecule has 1 unspecified atom stereocenters. The monoisotopic (exact) mass is 487 g/mol. The molecule has 1 aromatic heterocycles. The Morgan fingerprint density at radius 2 is 2.03 bits per heavy atom. The fourth-order valence-corrected chi connectivity index (χ4v) is 4.73. The second-order valence-electron chi connectivity index (χ2n) is 6.31. The lowest BCUT2D eigenvalue weighted by Crippen LogP contribution is -2.36. The number of nitrogens with zero attached hydrogens (tertiary/aromatic N) is 3. The fraction of sp³-hybridized carbons (Fsp3) is 0.200. The number of imidazole rings is 1. The van der Waals surface area contributed by atoms with Gasteiger partial charge < -0.3 is 10.3 Å². The van der Waals surface area contributed by atoms with Crippen LogP contribution in [0.5, 0.6) is 0 Å². The molecule has 0 bridgehead atoms. The molecule has 0 radical (unpaired) electrons. The normalized spacial score (nSPS) is 15.0. The number of para-hydroxylation sites is 2. The molecule has 148 valence electrons. The average Bonchev–Trinajstić information content (AvgIpc) is 3.16. The summed E-state index contributed by atoms with van der Waals surface area (Å²) >= 11 is 6.34. The lowest BCUT2D eigenvalue weighted by molar-refractivity contribution is -0.119. The zero-order chi connectivity index (χ0) is 20.2. The average molecular weight is 488 g/mol. The van der Waals surface area contributed by atoms with Gasteiger partial charge in [0.25, 0.3) is 0 Å². The summed E-state index contributed by atoms with van der Waals surface area (Å²) in [6.07, 6.45) is 0.679. The second-order valence-corrected chi connectivity index (χ2v) is 9.38. The van der Waals surface area contributed by atoms with Gasteiger partial charge in [-0.3, -0.25) is 4.79 Å². The summed E-state index contributed by atoms with van der Waals surface area (Å²) in [6.45, 7) is 1.99. The van der Waals surface area contributed by atoms with E-state index in [4.69, 9.17) is 0 Å². The summed E-state index contributed by atoms with van der Waals surface area (Å²) in [4.78, 5) is 20.5. The summed E-state index contributed by atoms with van der Waals surface area (Å²) in [7, 11) is 0. The number of rotatable bonds is 5. The number of aromatic amines is 1. The van der Waals surface area contributed by atoms with Crippen LogP contribution in [0.4, 0.5) is 0 Å². The van der Waals surface area contributed by atoms with Gasteiger partial charge in [0.05, 0.1) is 22.0 Å². The van der Waals surface area contributed by atoms with Crippen LogP contribution < -0.4 is 5.32 Å². The highest BCUT2D eigenvalue weighted by atomic mass is 79.9. The number of carbonyl (C=O) groups is 1. The molecule has 1 aliphatic heterocycles. The largest absolute Gasteiger partial charge is 0.333 e. The molecule has 6 nitrogen and oxygen atoms in total. The van der Waals surface area contributed by atoms with Crippen LogP contribution in [-0.2, 0) is 4.79 Å². The lowest BCUT2D eigenvalue weighted by atomic mass is 10.1. The van der Waals surface area contributed by atoms with Crippen LogP contribution in [0.15, 0.2) is 68.4 Å². The first-order chi connectivity index (χ1) is 14.1. The van der Waals surface area contributed by atoms with Gasteiger partial charge >= 0.3 is 0 Å². The molecule has 2 aromatic carbocycles. The Bertz CT molecular complexity index is 1060. The van der Waals surface area contributed by atoms with Crippen molar-refractivity contribution in [2.45, 2.75) is 23.8 Å². The SMILES string of the molecule is CCC(Sc1nc2ccccc2[nH]1)C(=O)NC1=NN=C(c2ccc(Br)cc2)CS1. The predicted octanol–water partition coefficient (Wildman–Crippen LogP) is 4.82. The predicted molar refractivity (Wildman–Crippen MR) is 125 cm³/mol. The third kappa shape index (κ3) is 4.91. The number of halogens is 1. The maximum Gasteiger partial charge on any atom is 0.239 e. The van der Waals surface area contributed by atoms with Crippen LogP contribution in [0.1, 0.15) is 18.9 Å². The molecule has 1 aliphatic rings. The van der Waals surface area contributed by atoms with Gasteiger partial charge in [-0.25, -0.2) is 4.98 Å². The van der Waals surface area contributed by atoms with Gasteiger partial charge in [-0.15, -0.1) is 5.10 Å². The number of thioether (sulfide) groups is 2. The van der Waals surface area contributed by atoms with Gasteiger partial charge in [-0.05, 0) is 36.2 Å². The van der Waals surface area contributed by atoms with Crippen molar-refractivity contribution in [3.63, 3.8) is 0 Å². The number of benzene rings is 2. The number of fused-ring (bicyclic) bond motifs is 1. The molecule has 0 saturated heterocycles. The van der Waals surface area contributed by atoms with Gasteiger partial charge in [0.1, 0.15) is 0 Å². The number of aromatic nitrogens is 2. The summed E-state index contributed by atoms with van der Waals surface area (Å²) < 4.78 is 1.02. The summed E-state index contributed by atoms with van der Waals surface area (Å²) in [5, 5.41) is 12.4. The van der Waals surface area contributed by atoms with Gasteiger partial charge in [0.15, 0.2) is 10.3 Å². The maximum absolute atomic E-state index is 12.7. The quantitative estimate of drug-likeness (QED) is 0.505. The van der Waals surface area contributed by atoms with Crippen LogP contribution in [0.25, 0.3) is 11.0 Å². The number of H-pyrrole nitrogens is 1. The van der Waals surface area contributed by atoms with E-state index in [1.54, 1.807) is 0 Å². The Hall–Kier alpha value is -2.10. The van der Waals surface area contributed by atoms with Crippen molar-refractivity contribution >= 4 is 67.3 Å². The standard InChI is InChI=1S/C20H18BrN5OS2/c1-2-17(29-19-22-14-5-3-4-6-15(14)23-19)18(27)24-20-26-25-16(11-28-20)12-7-9-13(21)10-8-12/h3-10,17H,2,11H2,1H3,(H,22,23)(H,24,26,27). The van der Waals surface area contributed by atoms with Crippen LogP contribution in [0, 0.1) is 0 Å². The Labute approximate surface area is 185 Å². The number of hydrogen-bond acceptors (Lipinski definition) is 6. The molecule has 9 heteroatoms. The van der Waals surface area contributed by atoms with Crippen molar-refractivity contribution in [2.75, 3.05) is 5.75 Å².